The van der Waals surface area contributed by atoms with E-state index in [0.29, 0.717) is 0 Å². The number of thiazole rings is 2. The first-order chi connectivity index (χ1) is 10.0. The molecule has 4 heteroatoms. The second-order valence-electron chi connectivity index (χ2n) is 5.37. The van der Waals surface area contributed by atoms with Crippen LogP contribution in [0.25, 0.3) is 11.3 Å². The van der Waals surface area contributed by atoms with Gasteiger partial charge >= 0.3 is 0 Å². The first-order valence-corrected chi connectivity index (χ1v) is 8.67. The fourth-order valence-corrected chi connectivity index (χ4v) is 3.99. The predicted octanol–water partition coefficient (Wildman–Crippen LogP) is 5.09. The quantitative estimate of drug-likeness (QED) is 0.673. The highest BCUT2D eigenvalue weighted by Crippen LogP contribution is 2.31. The number of aryl methyl sites for hydroxylation is 4. The molecule has 0 N–H and O–H groups in total. The summed E-state index contributed by atoms with van der Waals surface area (Å²) in [7, 11) is 0. The summed E-state index contributed by atoms with van der Waals surface area (Å²) in [5.41, 5.74) is 6.07. The minimum absolute atomic E-state index is 0.834. The zero-order valence-corrected chi connectivity index (χ0v) is 14.4. The molecule has 0 spiro atoms. The van der Waals surface area contributed by atoms with Gasteiger partial charge in [-0.2, -0.15) is 0 Å². The minimum atomic E-state index is 0.834. The average molecular weight is 314 g/mol. The van der Waals surface area contributed by atoms with E-state index in [2.05, 4.69) is 49.3 Å². The molecular weight excluding hydrogens is 296 g/mol. The fraction of sp³-hybridized carbons (Fsp3) is 0.294. The van der Waals surface area contributed by atoms with Gasteiger partial charge in [0.15, 0.2) is 0 Å². The van der Waals surface area contributed by atoms with E-state index in [1.54, 1.807) is 22.7 Å². The van der Waals surface area contributed by atoms with E-state index in [0.717, 1.165) is 27.8 Å². The Morgan fingerprint density at radius 3 is 2.57 bits per heavy atom. The topological polar surface area (TPSA) is 25.8 Å². The van der Waals surface area contributed by atoms with Gasteiger partial charge < -0.3 is 0 Å². The molecule has 2 aromatic heterocycles. The molecule has 3 rings (SSSR count). The Bertz CT molecular complexity index is 784. The molecule has 1 aromatic carbocycles. The Labute approximate surface area is 133 Å². The highest BCUT2D eigenvalue weighted by Gasteiger charge is 2.13. The molecule has 108 valence electrons. The van der Waals surface area contributed by atoms with Crippen molar-refractivity contribution in [3.8, 4) is 11.3 Å². The fourth-order valence-electron chi connectivity index (χ4n) is 2.41. The first kappa shape index (κ1) is 14.4. The van der Waals surface area contributed by atoms with Crippen molar-refractivity contribution in [1.82, 2.24) is 9.97 Å². The Balaban J connectivity index is 1.96. The number of aromatic nitrogens is 2. The van der Waals surface area contributed by atoms with Gasteiger partial charge in [-0.1, -0.05) is 17.7 Å². The molecule has 0 unspecified atom stereocenters. The third kappa shape index (κ3) is 3.06. The van der Waals surface area contributed by atoms with Crippen LogP contribution in [0.5, 0.6) is 0 Å². The lowest BCUT2D eigenvalue weighted by Crippen LogP contribution is -1.90. The van der Waals surface area contributed by atoms with Gasteiger partial charge in [-0.15, -0.1) is 22.7 Å². The molecule has 0 amide bonds. The molecule has 3 aromatic rings. The highest BCUT2D eigenvalue weighted by molar-refractivity contribution is 7.12. The number of nitrogens with zero attached hydrogens (tertiary/aromatic N) is 2. The molecule has 0 aliphatic heterocycles. The van der Waals surface area contributed by atoms with Crippen molar-refractivity contribution in [2.24, 2.45) is 0 Å². The van der Waals surface area contributed by atoms with Gasteiger partial charge in [0.25, 0.3) is 0 Å². The smallest absolute Gasteiger partial charge is 0.0995 e. The number of rotatable bonds is 3. The molecule has 0 aliphatic rings. The van der Waals surface area contributed by atoms with Crippen LogP contribution in [-0.2, 0) is 6.42 Å². The van der Waals surface area contributed by atoms with Crippen LogP contribution in [0.1, 0.15) is 31.7 Å². The third-order valence-corrected chi connectivity index (χ3v) is 5.28. The Hall–Kier alpha value is -1.52. The van der Waals surface area contributed by atoms with Gasteiger partial charge in [0, 0.05) is 22.2 Å². The molecule has 0 fully saturated rings. The second-order valence-corrected chi connectivity index (χ2v) is 7.72. The lowest BCUT2D eigenvalue weighted by molar-refractivity contribution is 1.06. The second kappa shape index (κ2) is 5.70. The molecule has 0 aliphatic carbocycles. The first-order valence-electron chi connectivity index (χ1n) is 6.98. The van der Waals surface area contributed by atoms with Crippen molar-refractivity contribution in [1.29, 1.82) is 0 Å². The lowest BCUT2D eigenvalue weighted by atomic mass is 10.0. The summed E-state index contributed by atoms with van der Waals surface area (Å²) in [6.45, 7) is 8.48. The maximum absolute atomic E-state index is 4.87. The molecule has 2 heterocycles. The van der Waals surface area contributed by atoms with Crippen LogP contribution in [0, 0.1) is 27.7 Å². The van der Waals surface area contributed by atoms with Crippen LogP contribution in [0.3, 0.4) is 0 Å². The van der Waals surface area contributed by atoms with Crippen molar-refractivity contribution in [3.05, 3.63) is 55.3 Å². The SMILES string of the molecule is Cc1ccc(C)c(-c2nc(Cc3csc(C)n3)sc2C)c1. The zero-order valence-electron chi connectivity index (χ0n) is 12.7. The Morgan fingerprint density at radius 1 is 1.05 bits per heavy atom. The summed E-state index contributed by atoms with van der Waals surface area (Å²) in [6.07, 6.45) is 0.834. The summed E-state index contributed by atoms with van der Waals surface area (Å²) >= 11 is 3.48. The lowest BCUT2D eigenvalue weighted by Gasteiger charge is -2.05. The molecular formula is C17H18N2S2. The summed E-state index contributed by atoms with van der Waals surface area (Å²) in [4.78, 5) is 10.7. The minimum Gasteiger partial charge on any atom is -0.246 e. The maximum Gasteiger partial charge on any atom is 0.0995 e. The molecule has 0 bridgehead atoms. The van der Waals surface area contributed by atoms with Crippen molar-refractivity contribution in [2.75, 3.05) is 0 Å². The van der Waals surface area contributed by atoms with E-state index in [9.17, 15) is 0 Å². The molecule has 0 saturated carbocycles. The largest absolute Gasteiger partial charge is 0.246 e. The van der Waals surface area contributed by atoms with Gasteiger partial charge in [-0.25, -0.2) is 9.97 Å². The summed E-state index contributed by atoms with van der Waals surface area (Å²) in [5, 5.41) is 4.39. The van der Waals surface area contributed by atoms with E-state index < -0.39 is 0 Å². The van der Waals surface area contributed by atoms with E-state index in [4.69, 9.17) is 4.98 Å². The van der Waals surface area contributed by atoms with Gasteiger partial charge in [-0.3, -0.25) is 0 Å². The van der Waals surface area contributed by atoms with Gasteiger partial charge in [-0.05, 0) is 39.3 Å². The van der Waals surface area contributed by atoms with Crippen LogP contribution >= 0.6 is 22.7 Å². The predicted molar refractivity (Wildman–Crippen MR) is 91.4 cm³/mol. The zero-order chi connectivity index (χ0) is 15.0. The van der Waals surface area contributed by atoms with Gasteiger partial charge in [0.1, 0.15) is 0 Å². The monoisotopic (exact) mass is 314 g/mol. The average Bonchev–Trinajstić information content (AvgIpc) is 2.99. The normalized spacial score (nSPS) is 11.0. The summed E-state index contributed by atoms with van der Waals surface area (Å²) < 4.78 is 0. The van der Waals surface area contributed by atoms with Crippen LogP contribution in [0.15, 0.2) is 23.6 Å². The number of hydrogen-bond acceptors (Lipinski definition) is 4. The molecule has 2 nitrogen and oxygen atoms in total. The van der Waals surface area contributed by atoms with Gasteiger partial charge in [0.05, 0.1) is 21.4 Å². The van der Waals surface area contributed by atoms with E-state index >= 15 is 0 Å². The standard InChI is InChI=1S/C17H18N2S2/c1-10-5-6-11(2)15(7-10)17-12(3)21-16(19-17)8-14-9-20-13(4)18-14/h5-7,9H,8H2,1-4H3. The maximum atomic E-state index is 4.87. The Kier molecular flexibility index (Phi) is 3.91. The van der Waals surface area contributed by atoms with Crippen LogP contribution in [0.4, 0.5) is 0 Å². The van der Waals surface area contributed by atoms with E-state index in [1.807, 2.05) is 6.92 Å². The summed E-state index contributed by atoms with van der Waals surface area (Å²) in [5.74, 6) is 0. The van der Waals surface area contributed by atoms with Crippen LogP contribution < -0.4 is 0 Å². The van der Waals surface area contributed by atoms with Crippen molar-refractivity contribution in [3.63, 3.8) is 0 Å². The van der Waals surface area contributed by atoms with E-state index in [1.165, 1.54) is 21.6 Å². The molecule has 0 radical (unpaired) electrons. The third-order valence-electron chi connectivity index (χ3n) is 3.49. The molecule has 0 atom stereocenters. The van der Waals surface area contributed by atoms with Crippen molar-refractivity contribution >= 4 is 22.7 Å². The molecule has 21 heavy (non-hydrogen) atoms. The summed E-state index contributed by atoms with van der Waals surface area (Å²) in [6, 6.07) is 6.56. The van der Waals surface area contributed by atoms with Crippen LogP contribution in [0.2, 0.25) is 0 Å². The van der Waals surface area contributed by atoms with Gasteiger partial charge in [0.2, 0.25) is 0 Å². The molecule has 0 saturated heterocycles. The van der Waals surface area contributed by atoms with Crippen molar-refractivity contribution < 1.29 is 0 Å². The number of benzene rings is 1. The number of hydrogen-bond donors (Lipinski definition) is 0. The van der Waals surface area contributed by atoms with Crippen LogP contribution in [-0.4, -0.2) is 9.97 Å². The van der Waals surface area contributed by atoms with E-state index in [-0.39, 0.29) is 0 Å². The van der Waals surface area contributed by atoms with Crippen molar-refractivity contribution in [2.45, 2.75) is 34.1 Å². The highest BCUT2D eigenvalue weighted by atomic mass is 32.1. The Morgan fingerprint density at radius 2 is 1.86 bits per heavy atom.